The highest BCUT2D eigenvalue weighted by atomic mass is 32.2. The van der Waals surface area contributed by atoms with Gasteiger partial charge in [0.15, 0.2) is 6.61 Å². The number of carbonyl (C=O) groups is 1. The van der Waals surface area contributed by atoms with E-state index in [1.54, 1.807) is 23.6 Å². The van der Waals surface area contributed by atoms with Crippen molar-refractivity contribution in [3.05, 3.63) is 53.1 Å². The zero-order valence-corrected chi connectivity index (χ0v) is 22.7. The molecular formula is C24H27N5O4S3. The molecule has 12 heteroatoms. The summed E-state index contributed by atoms with van der Waals surface area (Å²) in [6, 6.07) is 13.9. The fourth-order valence-electron chi connectivity index (χ4n) is 3.94. The van der Waals surface area contributed by atoms with E-state index < -0.39 is 5.97 Å². The van der Waals surface area contributed by atoms with Gasteiger partial charge in [-0.3, -0.25) is 4.18 Å². The minimum atomic E-state index is -1.01. The average molecular weight is 546 g/mol. The number of benzene rings is 2. The third-order valence-electron chi connectivity index (χ3n) is 5.32. The number of fused-ring (bicyclic) bond motifs is 1. The first-order valence-corrected chi connectivity index (χ1v) is 12.5. The number of nitrogens with one attached hydrogen (secondary N) is 1. The number of aliphatic carboxylic acids is 1. The summed E-state index contributed by atoms with van der Waals surface area (Å²) in [4.78, 5) is 10.6. The molecule has 190 valence electrons. The molecule has 2 N–H and O–H groups in total. The maximum Gasteiger partial charge on any atom is 0.331 e. The summed E-state index contributed by atoms with van der Waals surface area (Å²) >= 11 is 2.45. The third-order valence-corrected chi connectivity index (χ3v) is 6.88. The zero-order valence-electron chi connectivity index (χ0n) is 20.0. The van der Waals surface area contributed by atoms with E-state index in [1.807, 2.05) is 26.0 Å². The van der Waals surface area contributed by atoms with Crippen molar-refractivity contribution >= 4 is 43.0 Å². The summed E-state index contributed by atoms with van der Waals surface area (Å²) in [5, 5.41) is 28.7. The molecule has 1 aliphatic rings. The van der Waals surface area contributed by atoms with Crippen molar-refractivity contribution in [1.82, 2.24) is 20.0 Å². The topological polar surface area (TPSA) is 121 Å². The molecule has 4 rings (SSSR count). The van der Waals surface area contributed by atoms with E-state index in [1.165, 1.54) is 22.5 Å². The number of hydrogen-bond donors (Lipinski definition) is 2. The molecule has 0 fully saturated rings. The molecule has 1 atom stereocenters. The maximum atomic E-state index is 10.6. The Morgan fingerprint density at radius 1 is 1.33 bits per heavy atom. The van der Waals surface area contributed by atoms with Crippen LogP contribution in [0.2, 0.25) is 0 Å². The van der Waals surface area contributed by atoms with E-state index in [9.17, 15) is 10.1 Å². The van der Waals surface area contributed by atoms with Gasteiger partial charge in [-0.2, -0.15) is 23.2 Å². The number of hydrogen-bond acceptors (Lipinski definition) is 10. The lowest BCUT2D eigenvalue weighted by Crippen LogP contribution is -2.32. The zero-order chi connectivity index (χ0) is 24.9. The normalized spacial score (nSPS) is 14.4. The second-order valence-electron chi connectivity index (χ2n) is 8.22. The van der Waals surface area contributed by atoms with Crippen LogP contribution in [0.1, 0.15) is 43.0 Å². The van der Waals surface area contributed by atoms with Gasteiger partial charge in [-0.05, 0) is 56.0 Å². The molecule has 0 aliphatic heterocycles. The van der Waals surface area contributed by atoms with E-state index >= 15 is 0 Å². The Bertz CT molecular complexity index is 1260. The molecule has 36 heavy (non-hydrogen) atoms. The molecule has 1 unspecified atom stereocenters. The van der Waals surface area contributed by atoms with Gasteiger partial charge in [0, 0.05) is 24.2 Å². The second-order valence-corrected chi connectivity index (χ2v) is 10.1. The molecular weight excluding hydrogens is 518 g/mol. The molecule has 0 saturated carbocycles. The number of rotatable bonds is 10. The van der Waals surface area contributed by atoms with Gasteiger partial charge in [0.05, 0.1) is 23.9 Å². The number of nitriles is 1. The lowest BCUT2D eigenvalue weighted by atomic mass is 10.0. The molecule has 1 aromatic heterocycles. The van der Waals surface area contributed by atoms with Crippen molar-refractivity contribution in [2.75, 3.05) is 13.7 Å². The van der Waals surface area contributed by atoms with E-state index in [-0.39, 0.29) is 32.2 Å². The van der Waals surface area contributed by atoms with Crippen LogP contribution < -0.4 is 10.2 Å². The maximum absolute atomic E-state index is 10.6. The molecule has 1 aliphatic carbocycles. The Hall–Kier alpha value is -2.66. The highest BCUT2D eigenvalue weighted by Gasteiger charge is 2.27. The summed E-state index contributed by atoms with van der Waals surface area (Å²) < 4.78 is 12.5. The van der Waals surface area contributed by atoms with Crippen LogP contribution in [0.3, 0.4) is 0 Å². The molecule has 0 amide bonds. The van der Waals surface area contributed by atoms with Crippen LogP contribution >= 0.6 is 37.1 Å². The first-order chi connectivity index (χ1) is 16.9. The van der Waals surface area contributed by atoms with Gasteiger partial charge in [-0.25, -0.2) is 10.2 Å². The van der Waals surface area contributed by atoms with Gasteiger partial charge in [0.25, 0.3) is 0 Å². The number of carboxylic acids is 1. The van der Waals surface area contributed by atoms with Crippen LogP contribution in [0.5, 0.6) is 5.75 Å². The first-order valence-electron chi connectivity index (χ1n) is 11.0. The van der Waals surface area contributed by atoms with Crippen LogP contribution in [-0.4, -0.2) is 45.4 Å². The van der Waals surface area contributed by atoms with Crippen LogP contribution in [0.25, 0.3) is 21.1 Å². The molecule has 9 nitrogen and oxygen atoms in total. The van der Waals surface area contributed by atoms with Gasteiger partial charge in [0.2, 0.25) is 0 Å². The second kappa shape index (κ2) is 12.5. The van der Waals surface area contributed by atoms with Gasteiger partial charge in [-0.15, -0.1) is 10.2 Å². The standard InChI is InChI=1S/C24H25N5O4S2.H2S/c1-14(2)33-21-10-7-15(11-16(21)12-25)23-26-27-24(34-23)19-6-4-5-18-17(19)8-9-20(18)28-29(3)35-32-13-22(30)31;/h4-7,10-11,14,20,28H,8-9,13H2,1-3H3,(H,30,31);1H2. The molecule has 3 aromatic rings. The summed E-state index contributed by atoms with van der Waals surface area (Å²) in [7, 11) is 1.79. The SMILES string of the molecule is CC(C)Oc1ccc(-c2nnc(-c3cccc4c3CCC4NN(C)SOCC(=O)O)s2)cc1C#N.S. The summed E-state index contributed by atoms with van der Waals surface area (Å²) in [6.45, 7) is 3.48. The summed E-state index contributed by atoms with van der Waals surface area (Å²) in [5.74, 6) is -0.450. The monoisotopic (exact) mass is 545 g/mol. The Morgan fingerprint density at radius 2 is 2.11 bits per heavy atom. The van der Waals surface area contributed by atoms with E-state index in [0.717, 1.165) is 46.2 Å². The minimum Gasteiger partial charge on any atom is -0.490 e. The van der Waals surface area contributed by atoms with Gasteiger partial charge in [0.1, 0.15) is 21.8 Å². The molecule has 0 saturated heterocycles. The van der Waals surface area contributed by atoms with Crippen molar-refractivity contribution < 1.29 is 18.8 Å². The summed E-state index contributed by atoms with van der Waals surface area (Å²) in [6.07, 6.45) is 1.76. The van der Waals surface area contributed by atoms with Crippen molar-refractivity contribution in [3.8, 4) is 33.0 Å². The smallest absolute Gasteiger partial charge is 0.331 e. The number of nitrogens with zero attached hydrogens (tertiary/aromatic N) is 4. The van der Waals surface area contributed by atoms with Crippen molar-refractivity contribution in [2.24, 2.45) is 0 Å². The Kier molecular flexibility index (Phi) is 9.72. The third kappa shape index (κ3) is 6.56. The van der Waals surface area contributed by atoms with Crippen LogP contribution in [0, 0.1) is 11.3 Å². The highest BCUT2D eigenvalue weighted by molar-refractivity contribution is 7.92. The fraction of sp³-hybridized carbons (Fsp3) is 0.333. The predicted octanol–water partition coefficient (Wildman–Crippen LogP) is 4.73. The minimum absolute atomic E-state index is 0. The van der Waals surface area contributed by atoms with Gasteiger partial charge < -0.3 is 9.84 Å². The number of aromatic nitrogens is 2. The molecule has 1 heterocycles. The quantitative estimate of drug-likeness (QED) is 0.210. The van der Waals surface area contributed by atoms with E-state index in [4.69, 9.17) is 14.0 Å². The van der Waals surface area contributed by atoms with E-state index in [2.05, 4.69) is 33.8 Å². The van der Waals surface area contributed by atoms with Crippen LogP contribution in [0.15, 0.2) is 36.4 Å². The van der Waals surface area contributed by atoms with Crippen LogP contribution in [0.4, 0.5) is 0 Å². The van der Waals surface area contributed by atoms with Crippen LogP contribution in [-0.2, 0) is 15.4 Å². The van der Waals surface area contributed by atoms with E-state index in [0.29, 0.717) is 11.3 Å². The largest absolute Gasteiger partial charge is 0.490 e. The molecule has 2 aromatic carbocycles. The predicted molar refractivity (Wildman–Crippen MR) is 145 cm³/mol. The first kappa shape index (κ1) is 27.9. The average Bonchev–Trinajstić information content (AvgIpc) is 3.46. The summed E-state index contributed by atoms with van der Waals surface area (Å²) in [5.41, 5.74) is 8.09. The van der Waals surface area contributed by atoms with Gasteiger partial charge in [-0.1, -0.05) is 29.5 Å². The lowest BCUT2D eigenvalue weighted by molar-refractivity contribution is -0.139. The van der Waals surface area contributed by atoms with Crippen molar-refractivity contribution in [3.63, 3.8) is 0 Å². The Morgan fingerprint density at radius 3 is 2.83 bits per heavy atom. The molecule has 0 spiro atoms. The number of carboxylic acid groups (broad SMARTS) is 1. The number of ether oxygens (including phenoxy) is 1. The Balaban J connectivity index is 0.00000361. The van der Waals surface area contributed by atoms with Crippen molar-refractivity contribution in [1.29, 1.82) is 5.26 Å². The fourth-order valence-corrected chi connectivity index (χ4v) is 5.32. The Labute approximate surface area is 225 Å². The highest BCUT2D eigenvalue weighted by Crippen LogP contribution is 2.40. The lowest BCUT2D eigenvalue weighted by Gasteiger charge is -2.21. The molecule has 0 radical (unpaired) electrons. The molecule has 0 bridgehead atoms. The van der Waals surface area contributed by atoms with Gasteiger partial charge >= 0.3 is 5.97 Å². The number of hydrazine groups is 1. The van der Waals surface area contributed by atoms with Crippen molar-refractivity contribution in [2.45, 2.75) is 38.8 Å².